The van der Waals surface area contributed by atoms with Crippen LogP contribution >= 0.6 is 0 Å². The highest BCUT2D eigenvalue weighted by atomic mass is 16.5. The molecule has 1 saturated carbocycles. The molecule has 4 rings (SSSR count). The summed E-state index contributed by atoms with van der Waals surface area (Å²) in [6.07, 6.45) is 4.13. The first-order valence-electron chi connectivity index (χ1n) is 8.75. The van der Waals surface area contributed by atoms with Gasteiger partial charge >= 0.3 is 0 Å². The van der Waals surface area contributed by atoms with Crippen LogP contribution in [0, 0.1) is 13.8 Å². The summed E-state index contributed by atoms with van der Waals surface area (Å²) in [5, 5.41) is 4.15. The molecule has 0 N–H and O–H groups in total. The van der Waals surface area contributed by atoms with E-state index in [1.165, 1.54) is 0 Å². The number of amides is 1. The molecule has 24 heavy (non-hydrogen) atoms. The minimum absolute atomic E-state index is 0.0653. The van der Waals surface area contributed by atoms with Crippen LogP contribution in [0.15, 0.2) is 15.0 Å². The van der Waals surface area contributed by atoms with Gasteiger partial charge in [-0.05, 0) is 52.5 Å². The first-order chi connectivity index (χ1) is 11.5. The Bertz CT molecular complexity index is 759. The molecule has 1 amide bonds. The number of aromatic nitrogens is 2. The van der Waals surface area contributed by atoms with Gasteiger partial charge in [-0.2, -0.15) is 4.98 Å². The van der Waals surface area contributed by atoms with Crippen molar-refractivity contribution in [3.8, 4) is 0 Å². The quantitative estimate of drug-likeness (QED) is 0.856. The van der Waals surface area contributed by atoms with Gasteiger partial charge < -0.3 is 13.8 Å². The summed E-state index contributed by atoms with van der Waals surface area (Å²) in [4.78, 5) is 19.5. The number of rotatable bonds is 4. The molecule has 1 aliphatic carbocycles. The lowest BCUT2D eigenvalue weighted by atomic mass is 9.99. The lowest BCUT2D eigenvalue weighted by Crippen LogP contribution is -2.34. The van der Waals surface area contributed by atoms with Crippen LogP contribution in [0.3, 0.4) is 0 Å². The molecule has 0 bridgehead atoms. The first kappa shape index (κ1) is 15.4. The molecule has 0 unspecified atom stereocenters. The van der Waals surface area contributed by atoms with Crippen LogP contribution < -0.4 is 0 Å². The molecule has 6 heteroatoms. The van der Waals surface area contributed by atoms with E-state index < -0.39 is 0 Å². The average molecular weight is 329 g/mol. The fourth-order valence-corrected chi connectivity index (χ4v) is 3.64. The van der Waals surface area contributed by atoms with Crippen LogP contribution in [-0.4, -0.2) is 27.5 Å². The van der Waals surface area contributed by atoms with Crippen molar-refractivity contribution in [3.05, 3.63) is 34.9 Å². The third kappa shape index (κ3) is 2.64. The zero-order valence-electron chi connectivity index (χ0n) is 14.4. The van der Waals surface area contributed by atoms with Crippen LogP contribution in [0.1, 0.15) is 79.3 Å². The minimum atomic E-state index is -0.224. The van der Waals surface area contributed by atoms with E-state index in [1.807, 2.05) is 31.7 Å². The molecule has 1 saturated heterocycles. The Morgan fingerprint density at radius 3 is 2.79 bits per heavy atom. The number of carbonyl (C=O) groups excluding carboxylic acids is 1. The van der Waals surface area contributed by atoms with Gasteiger partial charge in [-0.3, -0.25) is 4.79 Å². The topological polar surface area (TPSA) is 72.4 Å². The van der Waals surface area contributed by atoms with Crippen molar-refractivity contribution < 1.29 is 13.7 Å². The van der Waals surface area contributed by atoms with Crippen molar-refractivity contribution in [2.24, 2.45) is 0 Å². The number of nitrogens with zero attached hydrogens (tertiary/aromatic N) is 3. The Morgan fingerprint density at radius 2 is 2.12 bits per heavy atom. The van der Waals surface area contributed by atoms with Crippen molar-refractivity contribution in [1.29, 1.82) is 0 Å². The summed E-state index contributed by atoms with van der Waals surface area (Å²) in [6.45, 7) is 6.51. The molecule has 2 aliphatic rings. The number of likely N-dealkylation sites (tertiary alicyclic amines) is 1. The zero-order chi connectivity index (χ0) is 16.8. The van der Waals surface area contributed by atoms with Gasteiger partial charge in [0, 0.05) is 18.0 Å². The number of carbonyl (C=O) groups is 1. The molecule has 1 aliphatic heterocycles. The molecule has 3 heterocycles. The van der Waals surface area contributed by atoms with Crippen LogP contribution in [0.25, 0.3) is 0 Å². The van der Waals surface area contributed by atoms with E-state index >= 15 is 0 Å². The summed E-state index contributed by atoms with van der Waals surface area (Å²) in [7, 11) is 0. The summed E-state index contributed by atoms with van der Waals surface area (Å²) in [6, 6.07) is 1.90. The van der Waals surface area contributed by atoms with Crippen molar-refractivity contribution in [3.63, 3.8) is 0 Å². The Labute approximate surface area is 141 Å². The Hall–Kier alpha value is -2.11. The molecular weight excluding hydrogens is 306 g/mol. The highest BCUT2D eigenvalue weighted by Gasteiger charge is 2.38. The van der Waals surface area contributed by atoms with Crippen LogP contribution in [0.5, 0.6) is 0 Å². The Kier molecular flexibility index (Phi) is 3.70. The van der Waals surface area contributed by atoms with Crippen LogP contribution in [-0.2, 0) is 4.79 Å². The Balaban J connectivity index is 1.54. The number of hydrogen-bond acceptors (Lipinski definition) is 5. The maximum Gasteiger partial charge on any atom is 0.230 e. The largest absolute Gasteiger partial charge is 0.466 e. The summed E-state index contributed by atoms with van der Waals surface area (Å²) >= 11 is 0. The molecule has 2 aromatic rings. The smallest absolute Gasteiger partial charge is 0.230 e. The molecule has 2 atom stereocenters. The second-order valence-electron chi connectivity index (χ2n) is 7.05. The SMILES string of the molecule is Cc1cc([C@@H](C)C(=O)N2CCC[C@H]2c2noc(C3CC3)n2)c(C)o1. The highest BCUT2D eigenvalue weighted by molar-refractivity contribution is 5.84. The molecule has 0 radical (unpaired) electrons. The van der Waals surface area contributed by atoms with Gasteiger partial charge in [0.25, 0.3) is 0 Å². The summed E-state index contributed by atoms with van der Waals surface area (Å²) in [5.41, 5.74) is 0.968. The van der Waals surface area contributed by atoms with E-state index in [4.69, 9.17) is 8.94 Å². The van der Waals surface area contributed by atoms with Gasteiger partial charge in [-0.1, -0.05) is 5.16 Å². The summed E-state index contributed by atoms with van der Waals surface area (Å²) < 4.78 is 11.0. The van der Waals surface area contributed by atoms with Gasteiger partial charge in [0.1, 0.15) is 11.5 Å². The average Bonchev–Trinajstić information content (AvgIpc) is 2.99. The van der Waals surface area contributed by atoms with E-state index in [0.717, 1.165) is 55.2 Å². The fraction of sp³-hybridized carbons (Fsp3) is 0.611. The normalized spacial score (nSPS) is 22.1. The fourth-order valence-electron chi connectivity index (χ4n) is 3.64. The zero-order valence-corrected chi connectivity index (χ0v) is 14.4. The monoisotopic (exact) mass is 329 g/mol. The predicted octanol–water partition coefficient (Wildman–Crippen LogP) is 3.62. The van der Waals surface area contributed by atoms with Crippen molar-refractivity contribution in [1.82, 2.24) is 15.0 Å². The van der Waals surface area contributed by atoms with Crippen LogP contribution in [0.4, 0.5) is 0 Å². The molecule has 0 aromatic carbocycles. The maximum absolute atomic E-state index is 13.0. The maximum atomic E-state index is 13.0. The third-order valence-electron chi connectivity index (χ3n) is 5.13. The second-order valence-corrected chi connectivity index (χ2v) is 7.05. The molecule has 2 fully saturated rings. The van der Waals surface area contributed by atoms with Crippen molar-refractivity contribution in [2.45, 2.75) is 64.3 Å². The minimum Gasteiger partial charge on any atom is -0.466 e. The number of aryl methyl sites for hydroxylation is 2. The first-order valence-corrected chi connectivity index (χ1v) is 8.75. The standard InChI is InChI=1S/C18H23N3O3/c1-10-9-14(12(3)23-10)11(2)18(22)21-8-4-5-15(21)16-19-17(24-20-16)13-6-7-13/h9,11,13,15H,4-8H2,1-3H3/t11-,15+/m1/s1. The molecular formula is C18H23N3O3. The highest BCUT2D eigenvalue weighted by Crippen LogP contribution is 2.40. The van der Waals surface area contributed by atoms with E-state index in [1.54, 1.807) is 0 Å². The lowest BCUT2D eigenvalue weighted by Gasteiger charge is -2.25. The van der Waals surface area contributed by atoms with Gasteiger partial charge in [-0.25, -0.2) is 0 Å². The second kappa shape index (κ2) is 5.76. The van der Waals surface area contributed by atoms with Gasteiger partial charge in [-0.15, -0.1) is 0 Å². The van der Waals surface area contributed by atoms with Crippen LogP contribution in [0.2, 0.25) is 0 Å². The van der Waals surface area contributed by atoms with E-state index in [9.17, 15) is 4.79 Å². The molecule has 6 nitrogen and oxygen atoms in total. The molecule has 128 valence electrons. The molecule has 2 aromatic heterocycles. The van der Waals surface area contributed by atoms with Gasteiger partial charge in [0.15, 0.2) is 5.82 Å². The predicted molar refractivity (Wildman–Crippen MR) is 86.6 cm³/mol. The molecule has 0 spiro atoms. The summed E-state index contributed by atoms with van der Waals surface area (Å²) in [5.74, 6) is 3.38. The number of furan rings is 1. The van der Waals surface area contributed by atoms with Gasteiger partial charge in [0.2, 0.25) is 11.8 Å². The van der Waals surface area contributed by atoms with Gasteiger partial charge in [0.05, 0.1) is 12.0 Å². The van der Waals surface area contributed by atoms with E-state index in [2.05, 4.69) is 10.1 Å². The Morgan fingerprint density at radius 1 is 1.33 bits per heavy atom. The number of hydrogen-bond donors (Lipinski definition) is 0. The third-order valence-corrected chi connectivity index (χ3v) is 5.13. The van der Waals surface area contributed by atoms with E-state index in [-0.39, 0.29) is 17.9 Å². The lowest BCUT2D eigenvalue weighted by molar-refractivity contribution is -0.133. The van der Waals surface area contributed by atoms with E-state index in [0.29, 0.717) is 11.7 Å². The van der Waals surface area contributed by atoms with Crippen molar-refractivity contribution >= 4 is 5.91 Å². The van der Waals surface area contributed by atoms with Crippen molar-refractivity contribution in [2.75, 3.05) is 6.54 Å².